The molecule has 110 valence electrons. The van der Waals surface area contributed by atoms with Crippen molar-refractivity contribution in [3.8, 4) is 5.75 Å². The summed E-state index contributed by atoms with van der Waals surface area (Å²) in [6.45, 7) is 2.19. The van der Waals surface area contributed by atoms with E-state index in [1.165, 1.54) is 11.8 Å². The molecule has 2 aromatic rings. The Bertz CT molecular complexity index is 668. The molecule has 0 atom stereocenters. The molecule has 2 aromatic carbocycles. The molecule has 0 bridgehead atoms. The quantitative estimate of drug-likeness (QED) is 0.457. The number of thioether (sulfide) groups is 1. The van der Waals surface area contributed by atoms with E-state index in [2.05, 4.69) is 0 Å². The lowest BCUT2D eigenvalue weighted by molar-refractivity contribution is -0.142. The summed E-state index contributed by atoms with van der Waals surface area (Å²) in [5, 5.41) is 2.12. The summed E-state index contributed by atoms with van der Waals surface area (Å²) in [5.41, 5.74) is 0.928. The average molecular weight is 320 g/mol. The van der Waals surface area contributed by atoms with Gasteiger partial charge in [0.25, 0.3) is 0 Å². The molecule has 0 aliphatic rings. The van der Waals surface area contributed by atoms with Crippen LogP contribution in [0.5, 0.6) is 5.75 Å². The highest BCUT2D eigenvalue weighted by Gasteiger charge is 2.12. The van der Waals surface area contributed by atoms with Gasteiger partial charge in [0.05, 0.1) is 20.1 Å². The van der Waals surface area contributed by atoms with Crippen molar-refractivity contribution in [2.45, 2.75) is 18.2 Å². The van der Waals surface area contributed by atoms with Gasteiger partial charge in [0.2, 0.25) is 0 Å². The van der Waals surface area contributed by atoms with E-state index in [9.17, 15) is 4.79 Å². The van der Waals surface area contributed by atoms with Gasteiger partial charge in [0, 0.05) is 9.59 Å². The van der Waals surface area contributed by atoms with Crippen LogP contribution in [0.1, 0.15) is 12.5 Å². The highest BCUT2D eigenvalue weighted by molar-refractivity contribution is 8.21. The van der Waals surface area contributed by atoms with Crippen molar-refractivity contribution >= 4 is 45.4 Å². The Kier molecular flexibility index (Phi) is 5.59. The average Bonchev–Trinajstić information content (AvgIpc) is 2.49. The second kappa shape index (κ2) is 7.43. The van der Waals surface area contributed by atoms with E-state index >= 15 is 0 Å². The Morgan fingerprint density at radius 1 is 1.33 bits per heavy atom. The number of methoxy groups -OCH3 is 1. The van der Waals surface area contributed by atoms with Gasteiger partial charge in [-0.2, -0.15) is 0 Å². The Hall–Kier alpha value is -1.59. The minimum Gasteiger partial charge on any atom is -0.497 e. The van der Waals surface area contributed by atoms with E-state index in [0.29, 0.717) is 6.61 Å². The molecule has 5 heteroatoms. The SMILES string of the molecule is CCOC(=O)Cc1ccc2cc(OC)ccc2c1SC=S. The second-order valence-corrected chi connectivity index (χ2v) is 5.75. The van der Waals surface area contributed by atoms with Crippen LogP contribution in [0.3, 0.4) is 0 Å². The van der Waals surface area contributed by atoms with Crippen LogP contribution in [0.2, 0.25) is 0 Å². The molecular formula is C16H16O3S2. The lowest BCUT2D eigenvalue weighted by atomic mass is 10.0. The van der Waals surface area contributed by atoms with Crippen LogP contribution in [0, 0.1) is 0 Å². The number of carbonyl (C=O) groups is 1. The highest BCUT2D eigenvalue weighted by atomic mass is 32.2. The van der Waals surface area contributed by atoms with E-state index in [-0.39, 0.29) is 12.4 Å². The van der Waals surface area contributed by atoms with E-state index < -0.39 is 0 Å². The van der Waals surface area contributed by atoms with Crippen LogP contribution >= 0.6 is 24.0 Å². The number of esters is 1. The number of thiocarbonyl (C=S) groups is 1. The summed E-state index contributed by atoms with van der Waals surface area (Å²) in [6.07, 6.45) is 0.251. The zero-order chi connectivity index (χ0) is 15.2. The minimum absolute atomic E-state index is 0.225. The lowest BCUT2D eigenvalue weighted by Crippen LogP contribution is -2.08. The maximum absolute atomic E-state index is 11.7. The number of hydrogen-bond donors (Lipinski definition) is 0. The monoisotopic (exact) mass is 320 g/mol. The van der Waals surface area contributed by atoms with Crippen molar-refractivity contribution in [1.82, 2.24) is 0 Å². The van der Waals surface area contributed by atoms with Crippen molar-refractivity contribution in [3.05, 3.63) is 35.9 Å². The Morgan fingerprint density at radius 3 is 2.81 bits per heavy atom. The zero-order valence-electron chi connectivity index (χ0n) is 11.9. The number of benzene rings is 2. The molecule has 21 heavy (non-hydrogen) atoms. The number of hydrogen-bond acceptors (Lipinski definition) is 5. The summed E-state index contributed by atoms with van der Waals surface area (Å²) < 4.78 is 11.9. The first kappa shape index (κ1) is 15.8. The van der Waals surface area contributed by atoms with Gasteiger partial charge >= 0.3 is 5.97 Å². The van der Waals surface area contributed by atoms with Gasteiger partial charge in [-0.1, -0.05) is 36.1 Å². The zero-order valence-corrected chi connectivity index (χ0v) is 13.6. The van der Waals surface area contributed by atoms with Crippen LogP contribution < -0.4 is 4.74 Å². The van der Waals surface area contributed by atoms with Gasteiger partial charge in [-0.3, -0.25) is 4.79 Å². The van der Waals surface area contributed by atoms with Crippen LogP contribution in [-0.4, -0.2) is 24.4 Å². The molecule has 3 nitrogen and oxygen atoms in total. The largest absolute Gasteiger partial charge is 0.497 e. The topological polar surface area (TPSA) is 35.5 Å². The predicted octanol–water partition coefficient (Wildman–Crippen LogP) is 4.00. The molecule has 0 heterocycles. The molecule has 0 radical (unpaired) electrons. The van der Waals surface area contributed by atoms with Crippen LogP contribution in [-0.2, 0) is 16.0 Å². The molecular weight excluding hydrogens is 304 g/mol. The fraction of sp³-hybridized carbons (Fsp3) is 0.250. The smallest absolute Gasteiger partial charge is 0.310 e. The maximum Gasteiger partial charge on any atom is 0.310 e. The van der Waals surface area contributed by atoms with Crippen LogP contribution in [0.25, 0.3) is 10.8 Å². The molecule has 0 saturated carbocycles. The van der Waals surface area contributed by atoms with Gasteiger partial charge in [-0.25, -0.2) is 0 Å². The van der Waals surface area contributed by atoms with Gasteiger partial charge in [-0.15, -0.1) is 0 Å². The van der Waals surface area contributed by atoms with Gasteiger partial charge in [-0.05, 0) is 41.5 Å². The summed E-state index contributed by atoms with van der Waals surface area (Å²) in [4.78, 5) is 12.7. The van der Waals surface area contributed by atoms with Gasteiger partial charge < -0.3 is 9.47 Å². The summed E-state index contributed by atoms with van der Waals surface area (Å²) in [6, 6.07) is 9.80. The van der Waals surface area contributed by atoms with Gasteiger partial charge in [0.15, 0.2) is 0 Å². The molecule has 0 unspecified atom stereocenters. The van der Waals surface area contributed by atoms with Crippen LogP contribution in [0.15, 0.2) is 35.2 Å². The van der Waals surface area contributed by atoms with E-state index in [4.69, 9.17) is 21.7 Å². The second-order valence-electron chi connectivity index (χ2n) is 4.34. The van der Waals surface area contributed by atoms with E-state index in [0.717, 1.165) is 27.0 Å². The van der Waals surface area contributed by atoms with Gasteiger partial charge in [0.1, 0.15) is 5.75 Å². The van der Waals surface area contributed by atoms with Crippen molar-refractivity contribution < 1.29 is 14.3 Å². The molecule has 0 saturated heterocycles. The maximum atomic E-state index is 11.7. The Balaban J connectivity index is 2.48. The molecule has 0 aromatic heterocycles. The molecule has 0 fully saturated rings. The first-order valence-electron chi connectivity index (χ1n) is 6.55. The number of fused-ring (bicyclic) bond motifs is 1. The Morgan fingerprint density at radius 2 is 2.14 bits per heavy atom. The third-order valence-electron chi connectivity index (χ3n) is 3.07. The third kappa shape index (κ3) is 3.74. The van der Waals surface area contributed by atoms with E-state index in [1.807, 2.05) is 30.3 Å². The number of carbonyl (C=O) groups excluding carboxylic acids is 1. The molecule has 0 N–H and O–H groups in total. The van der Waals surface area contributed by atoms with Crippen molar-refractivity contribution in [2.24, 2.45) is 0 Å². The fourth-order valence-corrected chi connectivity index (χ4v) is 3.13. The lowest BCUT2D eigenvalue weighted by Gasteiger charge is -2.11. The first-order chi connectivity index (χ1) is 10.2. The minimum atomic E-state index is -0.225. The predicted molar refractivity (Wildman–Crippen MR) is 90.3 cm³/mol. The number of ether oxygens (including phenoxy) is 2. The summed E-state index contributed by atoms with van der Waals surface area (Å²) in [7, 11) is 1.64. The first-order valence-corrected chi connectivity index (χ1v) is 7.90. The van der Waals surface area contributed by atoms with Crippen molar-refractivity contribution in [3.63, 3.8) is 0 Å². The fourth-order valence-electron chi connectivity index (χ4n) is 2.15. The normalized spacial score (nSPS) is 10.4. The summed E-state index contributed by atoms with van der Waals surface area (Å²) in [5.74, 6) is 0.579. The van der Waals surface area contributed by atoms with E-state index in [1.54, 1.807) is 18.7 Å². The van der Waals surface area contributed by atoms with Crippen molar-refractivity contribution in [1.29, 1.82) is 0 Å². The Labute approximate surface area is 133 Å². The van der Waals surface area contributed by atoms with Crippen LogP contribution in [0.4, 0.5) is 0 Å². The molecule has 0 spiro atoms. The third-order valence-corrected chi connectivity index (χ3v) is 4.17. The molecule has 0 amide bonds. The molecule has 2 rings (SSSR count). The highest BCUT2D eigenvalue weighted by Crippen LogP contribution is 2.33. The van der Waals surface area contributed by atoms with Crippen molar-refractivity contribution in [2.75, 3.05) is 13.7 Å². The standard InChI is InChI=1S/C16H16O3S2/c1-3-19-15(17)9-12-5-4-11-8-13(18-2)6-7-14(11)16(12)21-10-20/h4-8,10H,3,9H2,1-2H3. The number of rotatable bonds is 6. The summed E-state index contributed by atoms with van der Waals surface area (Å²) >= 11 is 6.41. The molecule has 0 aliphatic heterocycles. The molecule has 0 aliphatic carbocycles.